The second-order valence-electron chi connectivity index (χ2n) is 5.79. The van der Waals surface area contributed by atoms with Crippen molar-refractivity contribution in [2.75, 3.05) is 5.32 Å². The van der Waals surface area contributed by atoms with Crippen molar-refractivity contribution in [1.29, 1.82) is 0 Å². The number of halogens is 1. The number of aromatic nitrogens is 1. The number of nitrogens with zero attached hydrogens (tertiary/aromatic N) is 1. The average Bonchev–Trinajstić information content (AvgIpc) is 2.61. The molecule has 3 heteroatoms. The van der Waals surface area contributed by atoms with Crippen molar-refractivity contribution in [1.82, 2.24) is 4.98 Å². The molecule has 19 heavy (non-hydrogen) atoms. The molecule has 1 aromatic heterocycles. The topological polar surface area (TPSA) is 24.9 Å². The Hall–Kier alpha value is -1.90. The van der Waals surface area contributed by atoms with Gasteiger partial charge in [-0.3, -0.25) is 0 Å². The number of fused-ring (bicyclic) bond motifs is 1. The molecule has 0 spiro atoms. The van der Waals surface area contributed by atoms with E-state index in [4.69, 9.17) is 0 Å². The average molecular weight is 256 g/mol. The number of rotatable bonds is 2. The molecule has 1 heterocycles. The minimum atomic E-state index is -0.450. The first-order chi connectivity index (χ1) is 9.06. The summed E-state index contributed by atoms with van der Waals surface area (Å²) in [7, 11) is 0. The van der Waals surface area contributed by atoms with Crippen LogP contribution >= 0.6 is 0 Å². The van der Waals surface area contributed by atoms with Gasteiger partial charge in [0, 0.05) is 0 Å². The van der Waals surface area contributed by atoms with Gasteiger partial charge in [0.25, 0.3) is 0 Å². The van der Waals surface area contributed by atoms with Gasteiger partial charge >= 0.3 is 0 Å². The quantitative estimate of drug-likeness (QED) is 0.823. The molecule has 0 aliphatic heterocycles. The van der Waals surface area contributed by atoms with Gasteiger partial charge in [-0.2, -0.15) is 4.39 Å². The van der Waals surface area contributed by atoms with Gasteiger partial charge in [0.1, 0.15) is 5.82 Å². The molecule has 0 saturated heterocycles. The molecular formula is C16H17FN2. The lowest BCUT2D eigenvalue weighted by molar-refractivity contribution is 0.336. The van der Waals surface area contributed by atoms with E-state index in [0.29, 0.717) is 5.82 Å². The van der Waals surface area contributed by atoms with Crippen LogP contribution in [0.1, 0.15) is 31.0 Å². The van der Waals surface area contributed by atoms with Crippen molar-refractivity contribution in [3.63, 3.8) is 0 Å². The Morgan fingerprint density at radius 1 is 1.16 bits per heavy atom. The zero-order chi connectivity index (χ0) is 13.5. The number of hydrogen-bond donors (Lipinski definition) is 1. The summed E-state index contributed by atoms with van der Waals surface area (Å²) in [5, 5.41) is 3.38. The number of nitrogens with one attached hydrogen (secondary N) is 1. The minimum Gasteiger partial charge on any atom is -0.363 e. The molecule has 1 N–H and O–H groups in total. The van der Waals surface area contributed by atoms with Crippen LogP contribution < -0.4 is 5.32 Å². The van der Waals surface area contributed by atoms with Crippen LogP contribution in [0.25, 0.3) is 0 Å². The molecule has 1 aliphatic carbocycles. The summed E-state index contributed by atoms with van der Waals surface area (Å²) in [6.07, 6.45) is 1.02. The molecule has 2 aromatic rings. The SMILES string of the molecule is CC1(C)Cc2ccccc2C1Nc1cccc(F)n1. The summed E-state index contributed by atoms with van der Waals surface area (Å²) in [5.41, 5.74) is 2.75. The smallest absolute Gasteiger partial charge is 0.214 e. The first-order valence-electron chi connectivity index (χ1n) is 6.53. The summed E-state index contributed by atoms with van der Waals surface area (Å²) in [6.45, 7) is 4.45. The predicted molar refractivity (Wildman–Crippen MR) is 74.5 cm³/mol. The number of pyridine rings is 1. The third-order valence-corrected chi connectivity index (χ3v) is 3.80. The summed E-state index contributed by atoms with van der Waals surface area (Å²) in [4.78, 5) is 3.90. The van der Waals surface area contributed by atoms with E-state index in [2.05, 4.69) is 42.3 Å². The van der Waals surface area contributed by atoms with E-state index in [1.807, 2.05) is 6.07 Å². The molecule has 0 bridgehead atoms. The minimum absolute atomic E-state index is 0.0949. The van der Waals surface area contributed by atoms with E-state index < -0.39 is 5.95 Å². The third-order valence-electron chi connectivity index (χ3n) is 3.80. The first kappa shape index (κ1) is 12.2. The molecule has 1 atom stereocenters. The molecule has 0 radical (unpaired) electrons. The Morgan fingerprint density at radius 3 is 2.74 bits per heavy atom. The van der Waals surface area contributed by atoms with Crippen molar-refractivity contribution in [3.05, 3.63) is 59.5 Å². The summed E-state index contributed by atoms with van der Waals surface area (Å²) in [5.74, 6) is 0.142. The van der Waals surface area contributed by atoms with Crippen molar-refractivity contribution in [2.45, 2.75) is 26.3 Å². The van der Waals surface area contributed by atoms with Crippen LogP contribution in [0.5, 0.6) is 0 Å². The molecule has 1 aliphatic rings. The number of benzene rings is 1. The van der Waals surface area contributed by atoms with Crippen LogP contribution in [-0.2, 0) is 6.42 Å². The van der Waals surface area contributed by atoms with E-state index in [0.717, 1.165) is 6.42 Å². The van der Waals surface area contributed by atoms with Crippen LogP contribution in [0.2, 0.25) is 0 Å². The van der Waals surface area contributed by atoms with Gasteiger partial charge in [-0.25, -0.2) is 4.98 Å². The maximum Gasteiger partial charge on any atom is 0.214 e. The van der Waals surface area contributed by atoms with Gasteiger partial charge in [0.15, 0.2) is 0 Å². The molecule has 2 nitrogen and oxygen atoms in total. The van der Waals surface area contributed by atoms with E-state index >= 15 is 0 Å². The Labute approximate surface area is 112 Å². The first-order valence-corrected chi connectivity index (χ1v) is 6.53. The summed E-state index contributed by atoms with van der Waals surface area (Å²) < 4.78 is 13.2. The van der Waals surface area contributed by atoms with Crippen LogP contribution in [-0.4, -0.2) is 4.98 Å². The van der Waals surface area contributed by atoms with Crippen LogP contribution in [0.15, 0.2) is 42.5 Å². The monoisotopic (exact) mass is 256 g/mol. The van der Waals surface area contributed by atoms with Gasteiger partial charge in [0.2, 0.25) is 5.95 Å². The zero-order valence-corrected chi connectivity index (χ0v) is 11.2. The second-order valence-corrected chi connectivity index (χ2v) is 5.79. The largest absolute Gasteiger partial charge is 0.363 e. The van der Waals surface area contributed by atoms with Gasteiger partial charge in [-0.1, -0.05) is 44.2 Å². The van der Waals surface area contributed by atoms with E-state index in [9.17, 15) is 4.39 Å². The standard InChI is InChI=1S/C16H17FN2/c1-16(2)10-11-6-3-4-7-12(11)15(16)19-14-9-5-8-13(17)18-14/h3-9,15H,10H2,1-2H3,(H,18,19). The normalized spacial score (nSPS) is 20.1. The van der Waals surface area contributed by atoms with Gasteiger partial charge in [-0.15, -0.1) is 0 Å². The predicted octanol–water partition coefficient (Wildman–Crippen LogP) is 3.96. The van der Waals surface area contributed by atoms with Crippen molar-refractivity contribution in [2.24, 2.45) is 5.41 Å². The Kier molecular flexibility index (Phi) is 2.77. The Balaban J connectivity index is 1.95. The highest BCUT2D eigenvalue weighted by Crippen LogP contribution is 2.46. The Bertz CT molecular complexity index is 607. The van der Waals surface area contributed by atoms with Crippen molar-refractivity contribution in [3.8, 4) is 0 Å². The number of anilines is 1. The molecule has 98 valence electrons. The van der Waals surface area contributed by atoms with Crippen molar-refractivity contribution < 1.29 is 4.39 Å². The maximum atomic E-state index is 13.2. The second kappa shape index (κ2) is 4.34. The lowest BCUT2D eigenvalue weighted by Gasteiger charge is -2.29. The highest BCUT2D eigenvalue weighted by Gasteiger charge is 2.38. The number of hydrogen-bond acceptors (Lipinski definition) is 2. The molecule has 0 fully saturated rings. The lowest BCUT2D eigenvalue weighted by Crippen LogP contribution is -2.25. The molecule has 0 saturated carbocycles. The molecule has 3 rings (SSSR count). The lowest BCUT2D eigenvalue weighted by atomic mass is 9.85. The van der Waals surface area contributed by atoms with Crippen LogP contribution in [0, 0.1) is 11.4 Å². The molecule has 1 unspecified atom stereocenters. The molecule has 0 amide bonds. The highest BCUT2D eigenvalue weighted by atomic mass is 19.1. The van der Waals surface area contributed by atoms with E-state index in [1.54, 1.807) is 12.1 Å². The fourth-order valence-corrected chi connectivity index (χ4v) is 2.90. The fraction of sp³-hybridized carbons (Fsp3) is 0.312. The Morgan fingerprint density at radius 2 is 1.95 bits per heavy atom. The fourth-order valence-electron chi connectivity index (χ4n) is 2.90. The van der Waals surface area contributed by atoms with E-state index in [1.165, 1.54) is 17.2 Å². The van der Waals surface area contributed by atoms with Crippen LogP contribution in [0.4, 0.5) is 10.2 Å². The third kappa shape index (κ3) is 2.21. The zero-order valence-electron chi connectivity index (χ0n) is 11.2. The molecule has 1 aromatic carbocycles. The van der Waals surface area contributed by atoms with E-state index in [-0.39, 0.29) is 11.5 Å². The molecular weight excluding hydrogens is 239 g/mol. The van der Waals surface area contributed by atoms with Crippen molar-refractivity contribution >= 4 is 5.82 Å². The van der Waals surface area contributed by atoms with Gasteiger partial charge in [0.05, 0.1) is 6.04 Å². The van der Waals surface area contributed by atoms with Gasteiger partial charge in [-0.05, 0) is 35.1 Å². The van der Waals surface area contributed by atoms with Crippen LogP contribution in [0.3, 0.4) is 0 Å². The highest BCUT2D eigenvalue weighted by molar-refractivity contribution is 5.45. The summed E-state index contributed by atoms with van der Waals surface area (Å²) in [6, 6.07) is 13.4. The summed E-state index contributed by atoms with van der Waals surface area (Å²) >= 11 is 0. The maximum absolute atomic E-state index is 13.2. The van der Waals surface area contributed by atoms with Gasteiger partial charge < -0.3 is 5.32 Å².